The Balaban J connectivity index is 2.01. The summed E-state index contributed by atoms with van der Waals surface area (Å²) < 4.78 is 11.1. The van der Waals surface area contributed by atoms with E-state index in [4.69, 9.17) is 14.6 Å². The molecule has 1 N–H and O–H groups in total. The van der Waals surface area contributed by atoms with E-state index in [1.165, 1.54) is 0 Å². The number of hydrogen-bond donors (Lipinski definition) is 1. The van der Waals surface area contributed by atoms with Crippen LogP contribution in [0.15, 0.2) is 0 Å². The molecule has 0 unspecified atom stereocenters. The largest absolute Gasteiger partial charge is 0.481 e. The molecule has 1 fully saturated rings. The zero-order chi connectivity index (χ0) is 12.7. The molecular formula is C13H24O4. The molecule has 0 bridgehead atoms. The van der Waals surface area contributed by atoms with Crippen LogP contribution in [0.1, 0.15) is 39.5 Å². The van der Waals surface area contributed by atoms with E-state index in [9.17, 15) is 4.79 Å². The van der Waals surface area contributed by atoms with Crippen molar-refractivity contribution in [1.29, 1.82) is 0 Å². The molecule has 0 radical (unpaired) electrons. The van der Waals surface area contributed by atoms with Gasteiger partial charge in [0.15, 0.2) is 0 Å². The fraction of sp³-hybridized carbons (Fsp3) is 0.923. The SMILES string of the molecule is CC(C)COCCOC1CCC(C(=O)O)CC1. The number of aliphatic carboxylic acids is 1. The third-order valence-electron chi connectivity index (χ3n) is 3.06. The van der Waals surface area contributed by atoms with Crippen LogP contribution in [0.4, 0.5) is 0 Å². The van der Waals surface area contributed by atoms with E-state index < -0.39 is 5.97 Å². The molecule has 0 amide bonds. The molecular weight excluding hydrogens is 220 g/mol. The van der Waals surface area contributed by atoms with Crippen molar-refractivity contribution in [2.24, 2.45) is 11.8 Å². The molecule has 0 heterocycles. The van der Waals surface area contributed by atoms with Crippen LogP contribution in [0.5, 0.6) is 0 Å². The Morgan fingerprint density at radius 1 is 1.24 bits per heavy atom. The summed E-state index contributed by atoms with van der Waals surface area (Å²) in [5, 5.41) is 8.86. The zero-order valence-corrected chi connectivity index (χ0v) is 10.9. The van der Waals surface area contributed by atoms with E-state index in [1.54, 1.807) is 0 Å². The molecule has 17 heavy (non-hydrogen) atoms. The Morgan fingerprint density at radius 2 is 1.88 bits per heavy atom. The van der Waals surface area contributed by atoms with Gasteiger partial charge in [-0.05, 0) is 31.6 Å². The lowest BCUT2D eigenvalue weighted by molar-refractivity contribution is -0.143. The predicted octanol–water partition coefficient (Wildman–Crippen LogP) is 2.32. The van der Waals surface area contributed by atoms with Crippen molar-refractivity contribution in [2.45, 2.75) is 45.6 Å². The molecule has 0 aliphatic heterocycles. The van der Waals surface area contributed by atoms with Crippen LogP contribution in [-0.2, 0) is 14.3 Å². The smallest absolute Gasteiger partial charge is 0.306 e. The highest BCUT2D eigenvalue weighted by Gasteiger charge is 2.25. The normalized spacial score (nSPS) is 25.1. The van der Waals surface area contributed by atoms with Gasteiger partial charge in [-0.25, -0.2) is 0 Å². The van der Waals surface area contributed by atoms with Gasteiger partial charge in [-0.3, -0.25) is 4.79 Å². The highest BCUT2D eigenvalue weighted by Crippen LogP contribution is 2.26. The minimum atomic E-state index is -0.663. The van der Waals surface area contributed by atoms with E-state index in [1.807, 2.05) is 0 Å². The minimum Gasteiger partial charge on any atom is -0.481 e. The number of carbonyl (C=O) groups is 1. The molecule has 1 aliphatic carbocycles. The number of ether oxygens (including phenoxy) is 2. The van der Waals surface area contributed by atoms with Crippen molar-refractivity contribution >= 4 is 5.97 Å². The standard InChI is InChI=1S/C13H24O4/c1-10(2)9-16-7-8-17-12-5-3-11(4-6-12)13(14)15/h10-12H,3-9H2,1-2H3,(H,14,15). The van der Waals surface area contributed by atoms with Gasteiger partial charge in [0.2, 0.25) is 0 Å². The van der Waals surface area contributed by atoms with E-state index in [0.717, 1.165) is 32.3 Å². The Bertz CT molecular complexity index is 219. The number of carboxylic acids is 1. The molecule has 4 nitrogen and oxygen atoms in total. The Morgan fingerprint density at radius 3 is 2.41 bits per heavy atom. The van der Waals surface area contributed by atoms with Crippen molar-refractivity contribution in [2.75, 3.05) is 19.8 Å². The minimum absolute atomic E-state index is 0.160. The van der Waals surface area contributed by atoms with Gasteiger partial charge in [0.25, 0.3) is 0 Å². The molecule has 0 aromatic carbocycles. The second-order valence-electron chi connectivity index (χ2n) is 5.15. The first kappa shape index (κ1) is 14.5. The average molecular weight is 244 g/mol. The first-order chi connectivity index (χ1) is 8.09. The lowest BCUT2D eigenvalue weighted by atomic mass is 9.87. The molecule has 0 aromatic rings. The van der Waals surface area contributed by atoms with Crippen molar-refractivity contribution < 1.29 is 19.4 Å². The summed E-state index contributed by atoms with van der Waals surface area (Å²) in [6, 6.07) is 0. The topological polar surface area (TPSA) is 55.8 Å². The molecule has 0 atom stereocenters. The Labute approximate surface area is 103 Å². The van der Waals surface area contributed by atoms with Crippen LogP contribution in [0.3, 0.4) is 0 Å². The monoisotopic (exact) mass is 244 g/mol. The van der Waals surface area contributed by atoms with Crippen LogP contribution in [-0.4, -0.2) is 37.0 Å². The summed E-state index contributed by atoms with van der Waals surface area (Å²) in [4.78, 5) is 10.8. The lowest BCUT2D eigenvalue weighted by Crippen LogP contribution is -2.27. The van der Waals surface area contributed by atoms with Crippen LogP contribution in [0.2, 0.25) is 0 Å². The van der Waals surface area contributed by atoms with Gasteiger partial charge in [0.05, 0.1) is 25.2 Å². The number of hydrogen-bond acceptors (Lipinski definition) is 3. The van der Waals surface area contributed by atoms with Crippen LogP contribution in [0, 0.1) is 11.8 Å². The number of rotatable bonds is 7. The molecule has 1 saturated carbocycles. The summed E-state index contributed by atoms with van der Waals surface area (Å²) >= 11 is 0. The van der Waals surface area contributed by atoms with E-state index in [2.05, 4.69) is 13.8 Å². The van der Waals surface area contributed by atoms with E-state index in [-0.39, 0.29) is 12.0 Å². The van der Waals surface area contributed by atoms with Crippen LogP contribution >= 0.6 is 0 Å². The molecule has 0 aromatic heterocycles. The Hall–Kier alpha value is -0.610. The summed E-state index contributed by atoms with van der Waals surface area (Å²) in [6.07, 6.45) is 3.44. The number of carboxylic acid groups (broad SMARTS) is 1. The van der Waals surface area contributed by atoms with Crippen LogP contribution in [0.25, 0.3) is 0 Å². The second-order valence-corrected chi connectivity index (χ2v) is 5.15. The summed E-state index contributed by atoms with van der Waals surface area (Å²) in [5.74, 6) is -0.267. The lowest BCUT2D eigenvalue weighted by Gasteiger charge is -2.26. The van der Waals surface area contributed by atoms with Crippen LogP contribution < -0.4 is 0 Å². The van der Waals surface area contributed by atoms with Gasteiger partial charge in [-0.1, -0.05) is 13.8 Å². The van der Waals surface area contributed by atoms with Crippen molar-refractivity contribution in [3.8, 4) is 0 Å². The van der Waals surface area contributed by atoms with Gasteiger partial charge in [-0.15, -0.1) is 0 Å². The third-order valence-corrected chi connectivity index (χ3v) is 3.06. The fourth-order valence-electron chi connectivity index (χ4n) is 2.07. The maximum atomic E-state index is 10.8. The summed E-state index contributed by atoms with van der Waals surface area (Å²) in [7, 11) is 0. The van der Waals surface area contributed by atoms with E-state index >= 15 is 0 Å². The first-order valence-corrected chi connectivity index (χ1v) is 6.51. The van der Waals surface area contributed by atoms with Crippen molar-refractivity contribution in [1.82, 2.24) is 0 Å². The van der Waals surface area contributed by atoms with E-state index in [0.29, 0.717) is 19.1 Å². The molecule has 0 spiro atoms. The first-order valence-electron chi connectivity index (χ1n) is 6.51. The van der Waals surface area contributed by atoms with Gasteiger partial charge in [0, 0.05) is 6.61 Å². The summed E-state index contributed by atoms with van der Waals surface area (Å²) in [6.45, 7) is 6.27. The fourth-order valence-corrected chi connectivity index (χ4v) is 2.07. The van der Waals surface area contributed by atoms with Gasteiger partial charge in [0.1, 0.15) is 0 Å². The van der Waals surface area contributed by atoms with Gasteiger partial charge >= 0.3 is 5.97 Å². The highest BCUT2D eigenvalue weighted by atomic mass is 16.5. The average Bonchev–Trinajstić information content (AvgIpc) is 2.29. The molecule has 100 valence electrons. The Kier molecular flexibility index (Phi) is 6.52. The second kappa shape index (κ2) is 7.67. The summed E-state index contributed by atoms with van der Waals surface area (Å²) in [5.41, 5.74) is 0. The van der Waals surface area contributed by atoms with Crippen molar-refractivity contribution in [3.63, 3.8) is 0 Å². The molecule has 1 rings (SSSR count). The van der Waals surface area contributed by atoms with Gasteiger partial charge in [-0.2, -0.15) is 0 Å². The highest BCUT2D eigenvalue weighted by molar-refractivity contribution is 5.69. The maximum absolute atomic E-state index is 10.8. The quantitative estimate of drug-likeness (QED) is 0.698. The maximum Gasteiger partial charge on any atom is 0.306 e. The predicted molar refractivity (Wildman–Crippen MR) is 65.0 cm³/mol. The third kappa shape index (κ3) is 6.03. The zero-order valence-electron chi connectivity index (χ0n) is 10.9. The van der Waals surface area contributed by atoms with Gasteiger partial charge < -0.3 is 14.6 Å². The molecule has 1 aliphatic rings. The molecule has 0 saturated heterocycles. The molecule has 4 heteroatoms. The van der Waals surface area contributed by atoms with Crippen molar-refractivity contribution in [3.05, 3.63) is 0 Å².